The number of aldehydes is 1. The first-order valence-corrected chi connectivity index (χ1v) is 6.80. The van der Waals surface area contributed by atoms with Crippen LogP contribution >= 0.6 is 0 Å². The van der Waals surface area contributed by atoms with Gasteiger partial charge in [-0.3, -0.25) is 0 Å². The third-order valence-electron chi connectivity index (χ3n) is 2.46. The van der Waals surface area contributed by atoms with Crippen molar-refractivity contribution in [1.82, 2.24) is 0 Å². The van der Waals surface area contributed by atoms with Crippen LogP contribution in [0.15, 0.2) is 36.5 Å². The summed E-state index contributed by atoms with van der Waals surface area (Å²) in [6.07, 6.45) is 22.7. The quantitative estimate of drug-likeness (QED) is 0.279. The molecule has 0 aliphatic heterocycles. The summed E-state index contributed by atoms with van der Waals surface area (Å²) in [6.45, 7) is 2.22. The highest BCUT2D eigenvalue weighted by molar-refractivity contribution is 5.51. The Morgan fingerprint density at radius 1 is 0.706 bits per heavy atom. The molecule has 0 aromatic carbocycles. The van der Waals surface area contributed by atoms with E-state index in [-0.39, 0.29) is 0 Å². The summed E-state index contributed by atoms with van der Waals surface area (Å²) < 4.78 is 0. The van der Waals surface area contributed by atoms with Crippen LogP contribution < -0.4 is 0 Å². The molecule has 0 fully saturated rings. The van der Waals surface area contributed by atoms with Gasteiger partial charge in [-0.1, -0.05) is 56.2 Å². The van der Waals surface area contributed by atoms with Crippen LogP contribution in [0.1, 0.15) is 58.3 Å². The van der Waals surface area contributed by atoms with Crippen molar-refractivity contribution in [3.63, 3.8) is 0 Å². The fraction of sp³-hybridized carbons (Fsp3) is 0.562. The summed E-state index contributed by atoms with van der Waals surface area (Å²) in [4.78, 5) is 10.0. The number of rotatable bonds is 11. The van der Waals surface area contributed by atoms with E-state index in [0.717, 1.165) is 32.0 Å². The zero-order chi connectivity index (χ0) is 12.6. The normalized spacial score (nSPS) is 12.1. The number of allylic oxidation sites excluding steroid dienone is 6. The van der Waals surface area contributed by atoms with Crippen molar-refractivity contribution >= 4 is 6.29 Å². The van der Waals surface area contributed by atoms with Gasteiger partial charge in [-0.05, 0) is 32.1 Å². The lowest BCUT2D eigenvalue weighted by atomic mass is 10.2. The van der Waals surface area contributed by atoms with Gasteiger partial charge in [0.25, 0.3) is 0 Å². The van der Waals surface area contributed by atoms with Crippen molar-refractivity contribution in [1.29, 1.82) is 0 Å². The molecule has 0 heterocycles. The third kappa shape index (κ3) is 14.9. The maximum Gasteiger partial charge on any atom is 0.123 e. The molecule has 0 aliphatic carbocycles. The van der Waals surface area contributed by atoms with Crippen molar-refractivity contribution in [2.45, 2.75) is 58.3 Å². The number of unbranched alkanes of at least 4 members (excludes halogenated alkanes) is 4. The van der Waals surface area contributed by atoms with E-state index >= 15 is 0 Å². The van der Waals surface area contributed by atoms with Gasteiger partial charge in [0.05, 0.1) is 0 Å². The summed E-state index contributed by atoms with van der Waals surface area (Å²) in [5.41, 5.74) is 0. The molecule has 0 amide bonds. The van der Waals surface area contributed by atoms with Crippen molar-refractivity contribution in [3.05, 3.63) is 36.5 Å². The molecule has 0 aliphatic rings. The standard InChI is InChI=1S/C16H26O/c1-2-3-4-5-6-7-8-9-10-11-12-13-14-15-16-17/h5-6,9-10,13-14,16H,2-4,7-8,11-12,15H2,1H3/b6-5+,10-9-,14-13-. The van der Waals surface area contributed by atoms with Gasteiger partial charge in [0.15, 0.2) is 0 Å². The molecular weight excluding hydrogens is 208 g/mol. The van der Waals surface area contributed by atoms with Gasteiger partial charge >= 0.3 is 0 Å². The van der Waals surface area contributed by atoms with Crippen LogP contribution in [0.5, 0.6) is 0 Å². The molecule has 0 N–H and O–H groups in total. The molecule has 1 nitrogen and oxygen atoms in total. The average molecular weight is 234 g/mol. The number of carbonyl (C=O) groups excluding carboxylic acids is 1. The van der Waals surface area contributed by atoms with E-state index in [1.807, 2.05) is 6.08 Å². The molecule has 0 aromatic heterocycles. The van der Waals surface area contributed by atoms with E-state index in [1.54, 1.807) is 0 Å². The zero-order valence-electron chi connectivity index (χ0n) is 11.1. The Morgan fingerprint density at radius 3 is 1.65 bits per heavy atom. The van der Waals surface area contributed by atoms with E-state index in [9.17, 15) is 4.79 Å². The van der Waals surface area contributed by atoms with E-state index in [4.69, 9.17) is 0 Å². The Morgan fingerprint density at radius 2 is 1.18 bits per heavy atom. The predicted octanol–water partition coefficient (Wildman–Crippen LogP) is 4.99. The molecule has 0 spiro atoms. The van der Waals surface area contributed by atoms with Crippen LogP contribution in [0, 0.1) is 0 Å². The predicted molar refractivity (Wildman–Crippen MR) is 76.1 cm³/mol. The maximum atomic E-state index is 10.0. The summed E-state index contributed by atoms with van der Waals surface area (Å²) in [5, 5.41) is 0. The maximum absolute atomic E-state index is 10.0. The van der Waals surface area contributed by atoms with Crippen LogP contribution in [-0.2, 0) is 4.79 Å². The first kappa shape index (κ1) is 15.9. The van der Waals surface area contributed by atoms with Gasteiger partial charge < -0.3 is 4.79 Å². The third-order valence-corrected chi connectivity index (χ3v) is 2.46. The van der Waals surface area contributed by atoms with Gasteiger partial charge in [0, 0.05) is 6.42 Å². The van der Waals surface area contributed by atoms with Gasteiger partial charge in [-0.15, -0.1) is 0 Å². The smallest absolute Gasteiger partial charge is 0.123 e. The lowest BCUT2D eigenvalue weighted by Crippen LogP contribution is -1.70. The molecule has 0 unspecified atom stereocenters. The van der Waals surface area contributed by atoms with E-state index in [1.165, 1.54) is 19.3 Å². The van der Waals surface area contributed by atoms with Crippen LogP contribution in [0.3, 0.4) is 0 Å². The number of hydrogen-bond acceptors (Lipinski definition) is 1. The fourth-order valence-corrected chi connectivity index (χ4v) is 1.45. The number of hydrogen-bond donors (Lipinski definition) is 0. The van der Waals surface area contributed by atoms with Gasteiger partial charge in [0.1, 0.15) is 6.29 Å². The van der Waals surface area contributed by atoms with E-state index in [2.05, 4.69) is 37.3 Å². The van der Waals surface area contributed by atoms with Crippen LogP contribution in [0.2, 0.25) is 0 Å². The fourth-order valence-electron chi connectivity index (χ4n) is 1.45. The Kier molecular flexibility index (Phi) is 13.9. The van der Waals surface area contributed by atoms with E-state index in [0.29, 0.717) is 6.42 Å². The molecule has 1 heteroatoms. The van der Waals surface area contributed by atoms with Crippen LogP contribution in [0.4, 0.5) is 0 Å². The highest BCUT2D eigenvalue weighted by Gasteiger charge is 1.80. The topological polar surface area (TPSA) is 17.1 Å². The van der Waals surface area contributed by atoms with Crippen molar-refractivity contribution in [2.75, 3.05) is 0 Å². The summed E-state index contributed by atoms with van der Waals surface area (Å²) in [5.74, 6) is 0. The Balaban J connectivity index is 3.25. The second-order valence-electron chi connectivity index (χ2n) is 4.11. The summed E-state index contributed by atoms with van der Waals surface area (Å²) in [7, 11) is 0. The molecule has 0 radical (unpaired) electrons. The minimum atomic E-state index is 0.548. The molecule has 0 saturated heterocycles. The molecule has 0 rings (SSSR count). The molecule has 0 saturated carbocycles. The van der Waals surface area contributed by atoms with Crippen LogP contribution in [-0.4, -0.2) is 6.29 Å². The SMILES string of the molecule is CCCC/C=C/CC/C=C\CC/C=C\CC=O. The van der Waals surface area contributed by atoms with Crippen LogP contribution in [0.25, 0.3) is 0 Å². The molecule has 0 bridgehead atoms. The average Bonchev–Trinajstić information content (AvgIpc) is 2.35. The van der Waals surface area contributed by atoms with Crippen molar-refractivity contribution < 1.29 is 4.79 Å². The summed E-state index contributed by atoms with van der Waals surface area (Å²) >= 11 is 0. The zero-order valence-corrected chi connectivity index (χ0v) is 11.1. The molecule has 0 aromatic rings. The van der Waals surface area contributed by atoms with Crippen molar-refractivity contribution in [3.8, 4) is 0 Å². The molecule has 17 heavy (non-hydrogen) atoms. The van der Waals surface area contributed by atoms with Gasteiger partial charge in [-0.2, -0.15) is 0 Å². The number of carbonyl (C=O) groups is 1. The largest absolute Gasteiger partial charge is 0.303 e. The lowest BCUT2D eigenvalue weighted by molar-refractivity contribution is -0.107. The highest BCUT2D eigenvalue weighted by atomic mass is 16.1. The Labute approximate surface area is 106 Å². The second kappa shape index (κ2) is 14.9. The first-order valence-electron chi connectivity index (χ1n) is 6.80. The lowest BCUT2D eigenvalue weighted by Gasteiger charge is -1.90. The second-order valence-corrected chi connectivity index (χ2v) is 4.11. The molecular formula is C16H26O. The van der Waals surface area contributed by atoms with Gasteiger partial charge in [-0.25, -0.2) is 0 Å². The molecule has 0 atom stereocenters. The minimum Gasteiger partial charge on any atom is -0.303 e. The Hall–Kier alpha value is -1.11. The summed E-state index contributed by atoms with van der Waals surface area (Å²) in [6, 6.07) is 0. The first-order chi connectivity index (χ1) is 8.41. The minimum absolute atomic E-state index is 0.548. The van der Waals surface area contributed by atoms with Crippen molar-refractivity contribution in [2.24, 2.45) is 0 Å². The van der Waals surface area contributed by atoms with E-state index < -0.39 is 0 Å². The Bertz CT molecular complexity index is 236. The van der Waals surface area contributed by atoms with Gasteiger partial charge in [0.2, 0.25) is 0 Å². The molecule has 96 valence electrons. The monoisotopic (exact) mass is 234 g/mol. The highest BCUT2D eigenvalue weighted by Crippen LogP contribution is 2.00.